The fraction of sp³-hybridized carbons (Fsp3) is 0.333. The van der Waals surface area contributed by atoms with Gasteiger partial charge in [0.2, 0.25) is 0 Å². The van der Waals surface area contributed by atoms with E-state index in [-0.39, 0.29) is 23.7 Å². The van der Waals surface area contributed by atoms with E-state index in [2.05, 4.69) is 10.6 Å². The van der Waals surface area contributed by atoms with Gasteiger partial charge in [-0.1, -0.05) is 0 Å². The fourth-order valence-electron chi connectivity index (χ4n) is 2.63. The minimum Gasteiger partial charge on any atom is -0.459 e. The van der Waals surface area contributed by atoms with Crippen LogP contribution in [0.15, 0.2) is 47.1 Å². The van der Waals surface area contributed by atoms with Gasteiger partial charge in [0.15, 0.2) is 5.76 Å². The van der Waals surface area contributed by atoms with Crippen LogP contribution < -0.4 is 10.6 Å². The molecule has 1 aliphatic heterocycles. The summed E-state index contributed by atoms with van der Waals surface area (Å²) in [5.41, 5.74) is 1.16. The number of carbonyl (C=O) groups excluding carboxylic acids is 2. The van der Waals surface area contributed by atoms with Gasteiger partial charge in [-0.05, 0) is 55.7 Å². The van der Waals surface area contributed by atoms with Crippen LogP contribution in [0.2, 0.25) is 0 Å². The summed E-state index contributed by atoms with van der Waals surface area (Å²) >= 11 is 0. The van der Waals surface area contributed by atoms with Crippen LogP contribution in [-0.2, 0) is 4.74 Å². The number of rotatable bonds is 6. The zero-order chi connectivity index (χ0) is 16.8. The summed E-state index contributed by atoms with van der Waals surface area (Å²) in [5.74, 6) is -0.211. The summed E-state index contributed by atoms with van der Waals surface area (Å²) < 4.78 is 10.6. The third kappa shape index (κ3) is 4.23. The van der Waals surface area contributed by atoms with Crippen LogP contribution in [0.3, 0.4) is 0 Å². The van der Waals surface area contributed by atoms with Gasteiger partial charge in [-0.25, -0.2) is 0 Å². The minimum atomic E-state index is -0.325. The maximum Gasteiger partial charge on any atom is 0.291 e. The lowest BCUT2D eigenvalue weighted by atomic mass is 10.1. The summed E-state index contributed by atoms with van der Waals surface area (Å²) in [6.45, 7) is 1.42. The topological polar surface area (TPSA) is 80.6 Å². The second-order valence-corrected chi connectivity index (χ2v) is 5.69. The number of anilines is 1. The Bertz CT molecular complexity index is 674. The predicted molar refractivity (Wildman–Crippen MR) is 89.0 cm³/mol. The van der Waals surface area contributed by atoms with Crippen molar-refractivity contribution in [2.45, 2.75) is 25.4 Å². The number of hydrogen-bond donors (Lipinski definition) is 2. The van der Waals surface area contributed by atoms with Gasteiger partial charge in [0.05, 0.1) is 12.4 Å². The molecule has 1 aromatic heterocycles. The summed E-state index contributed by atoms with van der Waals surface area (Å²) in [6, 6.07) is 9.98. The molecule has 6 heteroatoms. The summed E-state index contributed by atoms with van der Waals surface area (Å²) in [5, 5.41) is 5.60. The molecule has 2 amide bonds. The third-order valence-corrected chi connectivity index (χ3v) is 3.93. The van der Waals surface area contributed by atoms with E-state index in [1.165, 1.54) is 6.26 Å². The SMILES string of the molecule is O=C(NCCC1CCCO1)c1ccc(NC(=O)c2ccco2)cc1. The number of amides is 2. The smallest absolute Gasteiger partial charge is 0.291 e. The van der Waals surface area contributed by atoms with Crippen molar-refractivity contribution >= 4 is 17.5 Å². The van der Waals surface area contributed by atoms with Gasteiger partial charge >= 0.3 is 0 Å². The average Bonchev–Trinajstić information content (AvgIpc) is 3.29. The maximum atomic E-state index is 12.1. The first-order valence-corrected chi connectivity index (χ1v) is 8.07. The van der Waals surface area contributed by atoms with Crippen molar-refractivity contribution in [1.82, 2.24) is 5.32 Å². The highest BCUT2D eigenvalue weighted by Gasteiger charge is 2.15. The molecule has 0 spiro atoms. The molecule has 6 nitrogen and oxygen atoms in total. The molecule has 0 saturated carbocycles. The van der Waals surface area contributed by atoms with Gasteiger partial charge in [0.25, 0.3) is 11.8 Å². The Morgan fingerprint density at radius 2 is 1.96 bits per heavy atom. The van der Waals surface area contributed by atoms with Crippen LogP contribution in [0.1, 0.15) is 40.2 Å². The number of furan rings is 1. The van der Waals surface area contributed by atoms with Gasteiger partial charge in [0, 0.05) is 24.4 Å². The van der Waals surface area contributed by atoms with Gasteiger partial charge in [-0.2, -0.15) is 0 Å². The maximum absolute atomic E-state index is 12.1. The lowest BCUT2D eigenvalue weighted by Gasteiger charge is -2.10. The lowest BCUT2D eigenvalue weighted by molar-refractivity contribution is 0.0906. The van der Waals surface area contributed by atoms with Crippen LogP contribution in [0, 0.1) is 0 Å². The largest absolute Gasteiger partial charge is 0.459 e. The Kier molecular flexibility index (Phi) is 5.28. The first-order chi connectivity index (χ1) is 11.7. The molecule has 1 aliphatic rings. The normalized spacial score (nSPS) is 16.8. The zero-order valence-corrected chi connectivity index (χ0v) is 13.3. The first-order valence-electron chi connectivity index (χ1n) is 8.07. The number of benzene rings is 1. The third-order valence-electron chi connectivity index (χ3n) is 3.93. The molecule has 2 N–H and O–H groups in total. The molecule has 0 bridgehead atoms. The zero-order valence-electron chi connectivity index (χ0n) is 13.3. The molecule has 3 rings (SSSR count). The molecule has 2 aromatic rings. The van der Waals surface area contributed by atoms with Crippen molar-refractivity contribution in [3.05, 3.63) is 54.0 Å². The summed E-state index contributed by atoms with van der Waals surface area (Å²) in [6.07, 6.45) is 4.72. The first kappa shape index (κ1) is 16.3. The van der Waals surface area contributed by atoms with E-state index in [9.17, 15) is 9.59 Å². The van der Waals surface area contributed by atoms with E-state index in [0.717, 1.165) is 25.9 Å². The van der Waals surface area contributed by atoms with Crippen molar-refractivity contribution in [1.29, 1.82) is 0 Å². The van der Waals surface area contributed by atoms with E-state index >= 15 is 0 Å². The molecular formula is C18H20N2O4. The van der Waals surface area contributed by atoms with Gasteiger partial charge in [-0.15, -0.1) is 0 Å². The molecule has 1 atom stereocenters. The molecule has 1 unspecified atom stereocenters. The lowest BCUT2D eigenvalue weighted by Crippen LogP contribution is -2.27. The summed E-state index contributed by atoms with van der Waals surface area (Å²) in [7, 11) is 0. The number of ether oxygens (including phenoxy) is 1. The molecule has 0 radical (unpaired) electrons. The average molecular weight is 328 g/mol. The Labute approximate surface area is 140 Å². The molecule has 0 aliphatic carbocycles. The molecule has 1 fully saturated rings. The number of hydrogen-bond acceptors (Lipinski definition) is 4. The minimum absolute atomic E-state index is 0.128. The highest BCUT2D eigenvalue weighted by atomic mass is 16.5. The molecule has 126 valence electrons. The molecule has 24 heavy (non-hydrogen) atoms. The van der Waals surface area contributed by atoms with Crippen LogP contribution in [-0.4, -0.2) is 31.1 Å². The van der Waals surface area contributed by atoms with E-state index in [1.54, 1.807) is 36.4 Å². The van der Waals surface area contributed by atoms with Gasteiger partial charge in [-0.3, -0.25) is 9.59 Å². The van der Waals surface area contributed by atoms with Gasteiger partial charge in [0.1, 0.15) is 0 Å². The second-order valence-electron chi connectivity index (χ2n) is 5.69. The van der Waals surface area contributed by atoms with Gasteiger partial charge < -0.3 is 19.8 Å². The Balaban J connectivity index is 1.48. The molecular weight excluding hydrogens is 308 g/mol. The van der Waals surface area contributed by atoms with Crippen LogP contribution in [0.25, 0.3) is 0 Å². The number of carbonyl (C=O) groups is 2. The Morgan fingerprint density at radius 1 is 1.12 bits per heavy atom. The highest BCUT2D eigenvalue weighted by Crippen LogP contribution is 2.15. The molecule has 1 saturated heterocycles. The van der Waals surface area contributed by atoms with Crippen molar-refractivity contribution in [2.75, 3.05) is 18.5 Å². The standard InChI is InChI=1S/C18H20N2O4/c21-17(19-10-9-15-3-1-11-23-15)13-5-7-14(8-6-13)20-18(22)16-4-2-12-24-16/h2,4-8,12,15H,1,3,9-11H2,(H,19,21)(H,20,22). The fourth-order valence-corrected chi connectivity index (χ4v) is 2.63. The monoisotopic (exact) mass is 328 g/mol. The van der Waals surface area contributed by atoms with Crippen molar-refractivity contribution in [3.63, 3.8) is 0 Å². The van der Waals surface area contributed by atoms with E-state index in [1.807, 2.05) is 0 Å². The highest BCUT2D eigenvalue weighted by molar-refractivity contribution is 6.02. The molecule has 2 heterocycles. The molecule has 1 aromatic carbocycles. The quantitative estimate of drug-likeness (QED) is 0.854. The Hall–Kier alpha value is -2.60. The second kappa shape index (κ2) is 7.79. The number of nitrogens with one attached hydrogen (secondary N) is 2. The van der Waals surface area contributed by atoms with Crippen molar-refractivity contribution in [3.8, 4) is 0 Å². The van der Waals surface area contributed by atoms with Crippen LogP contribution in [0.5, 0.6) is 0 Å². The Morgan fingerprint density at radius 3 is 2.62 bits per heavy atom. The van der Waals surface area contributed by atoms with Crippen LogP contribution >= 0.6 is 0 Å². The van der Waals surface area contributed by atoms with Crippen molar-refractivity contribution in [2.24, 2.45) is 0 Å². The van der Waals surface area contributed by atoms with Crippen molar-refractivity contribution < 1.29 is 18.7 Å². The predicted octanol–water partition coefficient (Wildman–Crippen LogP) is 2.83. The summed E-state index contributed by atoms with van der Waals surface area (Å²) in [4.78, 5) is 23.9. The van der Waals surface area contributed by atoms with Crippen LogP contribution in [0.4, 0.5) is 5.69 Å². The van der Waals surface area contributed by atoms with E-state index in [4.69, 9.17) is 9.15 Å². The van der Waals surface area contributed by atoms with E-state index in [0.29, 0.717) is 17.8 Å². The van der Waals surface area contributed by atoms with E-state index < -0.39 is 0 Å².